The van der Waals surface area contributed by atoms with Gasteiger partial charge in [0, 0.05) is 26.2 Å². The van der Waals surface area contributed by atoms with Crippen molar-refractivity contribution in [1.82, 2.24) is 15.5 Å². The minimum atomic E-state index is -0.663. The molecule has 0 bridgehead atoms. The number of hydrogen-bond donors (Lipinski definition) is 3. The van der Waals surface area contributed by atoms with Gasteiger partial charge in [-0.05, 0) is 0 Å². The fourth-order valence-corrected chi connectivity index (χ4v) is 1.19. The molecule has 6 nitrogen and oxygen atoms in total. The molecule has 4 N–H and O–H groups in total. The van der Waals surface area contributed by atoms with E-state index in [1.165, 1.54) is 0 Å². The number of hydrogen-bond acceptors (Lipinski definition) is 3. The average Bonchev–Trinajstić information content (AvgIpc) is 2.15. The van der Waals surface area contributed by atoms with Crippen molar-refractivity contribution < 1.29 is 9.59 Å². The van der Waals surface area contributed by atoms with Crippen LogP contribution in [0.5, 0.6) is 0 Å². The maximum atomic E-state index is 11.3. The first-order valence-corrected chi connectivity index (χ1v) is 4.22. The molecule has 1 heterocycles. The maximum Gasteiger partial charge on any atom is 0.312 e. The molecule has 0 aromatic carbocycles. The number of piperazine rings is 1. The Morgan fingerprint density at radius 3 is 2.54 bits per heavy atom. The largest absolute Gasteiger partial charge is 0.352 e. The van der Waals surface area contributed by atoms with E-state index in [4.69, 9.17) is 5.73 Å². The maximum absolute atomic E-state index is 11.3. The monoisotopic (exact) mass is 186 g/mol. The van der Waals surface area contributed by atoms with E-state index in [2.05, 4.69) is 10.6 Å². The summed E-state index contributed by atoms with van der Waals surface area (Å²) < 4.78 is 0. The molecule has 1 saturated heterocycles. The zero-order chi connectivity index (χ0) is 9.68. The van der Waals surface area contributed by atoms with Crippen LogP contribution in [0.15, 0.2) is 0 Å². The van der Waals surface area contributed by atoms with E-state index >= 15 is 0 Å². The molecule has 1 fully saturated rings. The summed E-state index contributed by atoms with van der Waals surface area (Å²) >= 11 is 0. The normalized spacial score (nSPS) is 16.8. The Balaban J connectivity index is 2.25. The van der Waals surface area contributed by atoms with Gasteiger partial charge in [-0.1, -0.05) is 0 Å². The molecular formula is C7H14N4O2. The predicted octanol–water partition coefficient (Wildman–Crippen LogP) is -1.91. The molecule has 0 aliphatic carbocycles. The zero-order valence-corrected chi connectivity index (χ0v) is 7.38. The lowest BCUT2D eigenvalue weighted by Crippen LogP contribution is -2.50. The van der Waals surface area contributed by atoms with E-state index in [-0.39, 0.29) is 12.5 Å². The van der Waals surface area contributed by atoms with Crippen LogP contribution in [0.2, 0.25) is 0 Å². The molecule has 0 unspecified atom stereocenters. The van der Waals surface area contributed by atoms with Gasteiger partial charge < -0.3 is 21.3 Å². The topological polar surface area (TPSA) is 87.5 Å². The number of rotatable bonds is 2. The summed E-state index contributed by atoms with van der Waals surface area (Å²) in [6.45, 7) is 3.00. The molecule has 6 heteroatoms. The summed E-state index contributed by atoms with van der Waals surface area (Å²) in [5.74, 6) is -0.0831. The molecule has 0 radical (unpaired) electrons. The SMILES string of the molecule is NC(=O)NCC(=O)N1CCNCC1. The van der Waals surface area contributed by atoms with Crippen LogP contribution in [-0.2, 0) is 4.79 Å². The molecule has 0 atom stereocenters. The number of nitrogens with zero attached hydrogens (tertiary/aromatic N) is 1. The predicted molar refractivity (Wildman–Crippen MR) is 47.0 cm³/mol. The second-order valence-electron chi connectivity index (χ2n) is 2.85. The molecule has 1 aliphatic heterocycles. The highest BCUT2D eigenvalue weighted by molar-refractivity contribution is 5.83. The van der Waals surface area contributed by atoms with Gasteiger partial charge in [0.25, 0.3) is 0 Å². The number of carbonyl (C=O) groups is 2. The third-order valence-corrected chi connectivity index (χ3v) is 1.88. The smallest absolute Gasteiger partial charge is 0.312 e. The molecule has 0 aromatic rings. The van der Waals surface area contributed by atoms with Gasteiger partial charge in [-0.15, -0.1) is 0 Å². The van der Waals surface area contributed by atoms with E-state index in [9.17, 15) is 9.59 Å². The molecular weight excluding hydrogens is 172 g/mol. The average molecular weight is 186 g/mol. The van der Waals surface area contributed by atoms with Crippen LogP contribution in [0.4, 0.5) is 4.79 Å². The van der Waals surface area contributed by atoms with Gasteiger partial charge >= 0.3 is 6.03 Å². The van der Waals surface area contributed by atoms with Crippen LogP contribution in [0.25, 0.3) is 0 Å². The Labute approximate surface area is 76.4 Å². The highest BCUT2D eigenvalue weighted by atomic mass is 16.2. The summed E-state index contributed by atoms with van der Waals surface area (Å²) in [4.78, 5) is 23.3. The Hall–Kier alpha value is -1.30. The van der Waals surface area contributed by atoms with Crippen molar-refractivity contribution in [3.05, 3.63) is 0 Å². The first-order chi connectivity index (χ1) is 6.20. The van der Waals surface area contributed by atoms with Crippen molar-refractivity contribution in [3.63, 3.8) is 0 Å². The van der Waals surface area contributed by atoms with Gasteiger partial charge in [-0.25, -0.2) is 4.79 Å². The minimum absolute atomic E-state index is 0.00463. The van der Waals surface area contributed by atoms with E-state index in [1.807, 2.05) is 0 Å². The van der Waals surface area contributed by atoms with Crippen LogP contribution < -0.4 is 16.4 Å². The van der Waals surface area contributed by atoms with Gasteiger partial charge in [-0.3, -0.25) is 4.79 Å². The summed E-state index contributed by atoms with van der Waals surface area (Å²) in [5, 5.41) is 5.40. The molecule has 13 heavy (non-hydrogen) atoms. The van der Waals surface area contributed by atoms with Gasteiger partial charge in [-0.2, -0.15) is 0 Å². The number of amides is 3. The van der Waals surface area contributed by atoms with Crippen molar-refractivity contribution >= 4 is 11.9 Å². The minimum Gasteiger partial charge on any atom is -0.352 e. The Kier molecular flexibility index (Phi) is 3.51. The molecule has 74 valence electrons. The summed E-state index contributed by atoms with van der Waals surface area (Å²) in [6, 6.07) is -0.663. The van der Waals surface area contributed by atoms with Gasteiger partial charge in [0.2, 0.25) is 5.91 Å². The zero-order valence-electron chi connectivity index (χ0n) is 7.38. The van der Waals surface area contributed by atoms with Crippen LogP contribution in [0, 0.1) is 0 Å². The van der Waals surface area contributed by atoms with Crippen LogP contribution in [-0.4, -0.2) is 49.6 Å². The second-order valence-corrected chi connectivity index (χ2v) is 2.85. The Bertz CT molecular complexity index is 201. The number of urea groups is 1. The first-order valence-electron chi connectivity index (χ1n) is 4.22. The van der Waals surface area contributed by atoms with E-state index in [0.29, 0.717) is 13.1 Å². The lowest BCUT2D eigenvalue weighted by molar-refractivity contribution is -0.130. The fraction of sp³-hybridized carbons (Fsp3) is 0.714. The third kappa shape index (κ3) is 3.29. The standard InChI is InChI=1S/C7H14N4O2/c8-7(13)10-5-6(12)11-3-1-9-2-4-11/h9H,1-5H2,(H3,8,10,13). The van der Waals surface area contributed by atoms with Crippen LogP contribution in [0.3, 0.4) is 0 Å². The molecule has 0 aromatic heterocycles. The van der Waals surface area contributed by atoms with Crippen molar-refractivity contribution in [1.29, 1.82) is 0 Å². The molecule has 0 saturated carbocycles. The van der Waals surface area contributed by atoms with Crippen LogP contribution in [0.1, 0.15) is 0 Å². The molecule has 0 spiro atoms. The molecule has 3 amide bonds. The Morgan fingerprint density at radius 1 is 1.38 bits per heavy atom. The van der Waals surface area contributed by atoms with Crippen molar-refractivity contribution in [2.45, 2.75) is 0 Å². The lowest BCUT2D eigenvalue weighted by Gasteiger charge is -2.27. The van der Waals surface area contributed by atoms with E-state index in [0.717, 1.165) is 13.1 Å². The number of primary amides is 1. The lowest BCUT2D eigenvalue weighted by atomic mass is 10.3. The second kappa shape index (κ2) is 4.66. The summed E-state index contributed by atoms with van der Waals surface area (Å²) in [7, 11) is 0. The molecule has 1 aliphatic rings. The highest BCUT2D eigenvalue weighted by Gasteiger charge is 2.15. The van der Waals surface area contributed by atoms with Gasteiger partial charge in [0.05, 0.1) is 6.54 Å². The van der Waals surface area contributed by atoms with E-state index < -0.39 is 6.03 Å². The highest BCUT2D eigenvalue weighted by Crippen LogP contribution is 1.91. The number of nitrogens with two attached hydrogens (primary N) is 1. The van der Waals surface area contributed by atoms with Crippen molar-refractivity contribution in [2.75, 3.05) is 32.7 Å². The number of nitrogens with one attached hydrogen (secondary N) is 2. The van der Waals surface area contributed by atoms with Gasteiger partial charge in [0.15, 0.2) is 0 Å². The summed E-state index contributed by atoms with van der Waals surface area (Å²) in [5.41, 5.74) is 4.84. The molecule has 1 rings (SSSR count). The van der Waals surface area contributed by atoms with Crippen molar-refractivity contribution in [2.24, 2.45) is 5.73 Å². The van der Waals surface area contributed by atoms with Gasteiger partial charge in [0.1, 0.15) is 0 Å². The fourth-order valence-electron chi connectivity index (χ4n) is 1.19. The van der Waals surface area contributed by atoms with Crippen molar-refractivity contribution in [3.8, 4) is 0 Å². The van der Waals surface area contributed by atoms with E-state index in [1.54, 1.807) is 4.90 Å². The summed E-state index contributed by atoms with van der Waals surface area (Å²) in [6.07, 6.45) is 0. The third-order valence-electron chi connectivity index (χ3n) is 1.88. The Morgan fingerprint density at radius 2 is 2.00 bits per heavy atom. The van der Waals surface area contributed by atoms with Crippen LogP contribution >= 0.6 is 0 Å². The quantitative estimate of drug-likeness (QED) is 0.470. The first kappa shape index (κ1) is 9.79. The number of carbonyl (C=O) groups excluding carboxylic acids is 2.